The second-order valence-corrected chi connectivity index (χ2v) is 5.87. The van der Waals surface area contributed by atoms with E-state index in [1.807, 2.05) is 24.3 Å². The largest absolute Gasteiger partial charge is 0.376 e. The van der Waals surface area contributed by atoms with E-state index in [0.717, 1.165) is 22.9 Å². The Morgan fingerprint density at radius 2 is 2.10 bits per heavy atom. The number of ether oxygens (including phenoxy) is 1. The third-order valence-corrected chi connectivity index (χ3v) is 3.96. The zero-order chi connectivity index (χ0) is 13.9. The lowest BCUT2D eigenvalue weighted by molar-refractivity contribution is -0.00549. The van der Waals surface area contributed by atoms with Crippen LogP contribution in [0.4, 0.5) is 0 Å². The molecule has 0 spiro atoms. The zero-order valence-corrected chi connectivity index (χ0v) is 12.5. The fourth-order valence-corrected chi connectivity index (χ4v) is 2.21. The molecule has 2 N–H and O–H groups in total. The molecule has 0 radical (unpaired) electrons. The lowest BCUT2D eigenvalue weighted by atomic mass is 9.96. The van der Waals surface area contributed by atoms with Crippen molar-refractivity contribution in [3.8, 4) is 11.5 Å². The van der Waals surface area contributed by atoms with Crippen LogP contribution in [-0.4, -0.2) is 22.9 Å². The molecule has 0 saturated heterocycles. The number of hydrogen-bond donors (Lipinski definition) is 1. The SMILES string of the molecule is NC(COC1CCC1)c1noc(-c2ccc(Br)cc2)n1. The summed E-state index contributed by atoms with van der Waals surface area (Å²) in [4.78, 5) is 4.33. The van der Waals surface area contributed by atoms with Crippen molar-refractivity contribution in [2.45, 2.75) is 31.4 Å². The number of benzene rings is 1. The van der Waals surface area contributed by atoms with E-state index in [9.17, 15) is 0 Å². The molecule has 2 aromatic rings. The second kappa shape index (κ2) is 6.03. The first kappa shape index (κ1) is 13.7. The van der Waals surface area contributed by atoms with Crippen molar-refractivity contribution in [1.82, 2.24) is 10.1 Å². The molecular weight excluding hydrogens is 322 g/mol. The maximum Gasteiger partial charge on any atom is 0.257 e. The van der Waals surface area contributed by atoms with Crippen LogP contribution in [0.3, 0.4) is 0 Å². The maximum atomic E-state index is 6.02. The lowest BCUT2D eigenvalue weighted by Gasteiger charge is -2.26. The summed E-state index contributed by atoms with van der Waals surface area (Å²) in [5.41, 5.74) is 6.89. The van der Waals surface area contributed by atoms with Crippen LogP contribution in [0.2, 0.25) is 0 Å². The van der Waals surface area contributed by atoms with Gasteiger partial charge in [-0.3, -0.25) is 0 Å². The summed E-state index contributed by atoms with van der Waals surface area (Å²) in [7, 11) is 0. The number of rotatable bonds is 5. The number of halogens is 1. The van der Waals surface area contributed by atoms with Gasteiger partial charge in [-0.05, 0) is 43.5 Å². The van der Waals surface area contributed by atoms with Crippen molar-refractivity contribution < 1.29 is 9.26 Å². The Bertz CT molecular complexity index is 566. The van der Waals surface area contributed by atoms with E-state index in [2.05, 4.69) is 26.1 Å². The molecule has 0 aliphatic heterocycles. The summed E-state index contributed by atoms with van der Waals surface area (Å²) >= 11 is 3.39. The Kier molecular flexibility index (Phi) is 4.14. The van der Waals surface area contributed by atoms with Crippen LogP contribution in [0.25, 0.3) is 11.5 Å². The fourth-order valence-electron chi connectivity index (χ4n) is 1.95. The highest BCUT2D eigenvalue weighted by Gasteiger charge is 2.21. The summed E-state index contributed by atoms with van der Waals surface area (Å²) in [6.07, 6.45) is 3.86. The molecule has 1 saturated carbocycles. The Labute approximate surface area is 125 Å². The van der Waals surface area contributed by atoms with Crippen LogP contribution in [-0.2, 0) is 4.74 Å². The van der Waals surface area contributed by atoms with Crippen molar-refractivity contribution in [3.05, 3.63) is 34.6 Å². The summed E-state index contributed by atoms with van der Waals surface area (Å²) < 4.78 is 11.9. The topological polar surface area (TPSA) is 74.2 Å². The van der Waals surface area contributed by atoms with Gasteiger partial charge in [0.2, 0.25) is 0 Å². The van der Waals surface area contributed by atoms with E-state index in [-0.39, 0.29) is 6.04 Å². The quantitative estimate of drug-likeness (QED) is 0.907. The first-order chi connectivity index (χ1) is 9.72. The Hall–Kier alpha value is -1.24. The van der Waals surface area contributed by atoms with Gasteiger partial charge in [-0.2, -0.15) is 4.98 Å². The Morgan fingerprint density at radius 3 is 2.75 bits per heavy atom. The van der Waals surface area contributed by atoms with Crippen LogP contribution in [0, 0.1) is 0 Å². The molecule has 20 heavy (non-hydrogen) atoms. The normalized spacial score (nSPS) is 16.9. The van der Waals surface area contributed by atoms with Gasteiger partial charge in [-0.25, -0.2) is 0 Å². The third kappa shape index (κ3) is 3.08. The second-order valence-electron chi connectivity index (χ2n) is 4.96. The van der Waals surface area contributed by atoms with Gasteiger partial charge < -0.3 is 15.0 Å². The molecule has 1 fully saturated rings. The number of aromatic nitrogens is 2. The molecule has 3 rings (SSSR count). The van der Waals surface area contributed by atoms with E-state index in [1.165, 1.54) is 6.42 Å². The van der Waals surface area contributed by atoms with E-state index in [1.54, 1.807) is 0 Å². The van der Waals surface area contributed by atoms with Gasteiger partial charge in [-0.15, -0.1) is 0 Å². The maximum absolute atomic E-state index is 6.02. The van der Waals surface area contributed by atoms with Gasteiger partial charge in [0.15, 0.2) is 5.82 Å². The lowest BCUT2D eigenvalue weighted by Crippen LogP contribution is -2.27. The standard InChI is InChI=1S/C14H16BrN3O2/c15-10-6-4-9(5-7-10)14-17-13(18-20-14)12(16)8-19-11-2-1-3-11/h4-7,11-12H,1-3,8,16H2. The summed E-state index contributed by atoms with van der Waals surface area (Å²) in [5, 5.41) is 3.93. The first-order valence-corrected chi connectivity index (χ1v) is 7.48. The minimum absolute atomic E-state index is 0.344. The van der Waals surface area contributed by atoms with Crippen LogP contribution >= 0.6 is 15.9 Å². The van der Waals surface area contributed by atoms with E-state index >= 15 is 0 Å². The fraction of sp³-hybridized carbons (Fsp3) is 0.429. The monoisotopic (exact) mass is 337 g/mol. The zero-order valence-electron chi connectivity index (χ0n) is 11.0. The van der Waals surface area contributed by atoms with Gasteiger partial charge in [0.05, 0.1) is 18.8 Å². The molecule has 1 aromatic carbocycles. The van der Waals surface area contributed by atoms with E-state index < -0.39 is 0 Å². The average molecular weight is 338 g/mol. The summed E-state index contributed by atoms with van der Waals surface area (Å²) in [6.45, 7) is 0.435. The van der Waals surface area contributed by atoms with Gasteiger partial charge in [0.1, 0.15) is 0 Å². The third-order valence-electron chi connectivity index (χ3n) is 3.43. The van der Waals surface area contributed by atoms with E-state index in [0.29, 0.717) is 24.4 Å². The van der Waals surface area contributed by atoms with Crippen molar-refractivity contribution >= 4 is 15.9 Å². The molecule has 1 aromatic heterocycles. The molecule has 1 atom stereocenters. The van der Waals surface area contributed by atoms with Gasteiger partial charge in [0, 0.05) is 10.0 Å². The highest BCUT2D eigenvalue weighted by atomic mass is 79.9. The van der Waals surface area contributed by atoms with Crippen molar-refractivity contribution in [1.29, 1.82) is 0 Å². The first-order valence-electron chi connectivity index (χ1n) is 6.69. The van der Waals surface area contributed by atoms with Crippen molar-refractivity contribution in [3.63, 3.8) is 0 Å². The number of nitrogens with zero attached hydrogens (tertiary/aromatic N) is 2. The Morgan fingerprint density at radius 1 is 1.35 bits per heavy atom. The highest BCUT2D eigenvalue weighted by Crippen LogP contribution is 2.24. The summed E-state index contributed by atoms with van der Waals surface area (Å²) in [6, 6.07) is 7.34. The molecule has 106 valence electrons. The predicted octanol–water partition coefficient (Wildman–Crippen LogP) is 3.07. The summed E-state index contributed by atoms with van der Waals surface area (Å²) in [5.74, 6) is 0.967. The molecule has 0 amide bonds. The van der Waals surface area contributed by atoms with Gasteiger partial charge in [-0.1, -0.05) is 21.1 Å². The molecule has 6 heteroatoms. The molecule has 1 heterocycles. The minimum Gasteiger partial charge on any atom is -0.376 e. The molecule has 1 aliphatic rings. The van der Waals surface area contributed by atoms with Crippen LogP contribution in [0.5, 0.6) is 0 Å². The van der Waals surface area contributed by atoms with Crippen LogP contribution < -0.4 is 5.73 Å². The predicted molar refractivity (Wildman–Crippen MR) is 78.0 cm³/mol. The molecule has 1 aliphatic carbocycles. The minimum atomic E-state index is -0.344. The van der Waals surface area contributed by atoms with Crippen LogP contribution in [0.15, 0.2) is 33.3 Å². The van der Waals surface area contributed by atoms with Crippen molar-refractivity contribution in [2.75, 3.05) is 6.61 Å². The molecular formula is C14H16BrN3O2. The number of hydrogen-bond acceptors (Lipinski definition) is 5. The van der Waals surface area contributed by atoms with Gasteiger partial charge in [0.25, 0.3) is 5.89 Å². The van der Waals surface area contributed by atoms with E-state index in [4.69, 9.17) is 15.0 Å². The van der Waals surface area contributed by atoms with Crippen LogP contribution in [0.1, 0.15) is 31.1 Å². The smallest absolute Gasteiger partial charge is 0.257 e. The molecule has 5 nitrogen and oxygen atoms in total. The average Bonchev–Trinajstić information content (AvgIpc) is 2.87. The molecule has 1 unspecified atom stereocenters. The molecule has 0 bridgehead atoms. The van der Waals surface area contributed by atoms with Crippen molar-refractivity contribution in [2.24, 2.45) is 5.73 Å². The number of nitrogens with two attached hydrogens (primary N) is 1. The van der Waals surface area contributed by atoms with Gasteiger partial charge >= 0.3 is 0 Å². The Balaban J connectivity index is 1.64. The highest BCUT2D eigenvalue weighted by molar-refractivity contribution is 9.10.